The highest BCUT2D eigenvalue weighted by atomic mass is 16.6. The van der Waals surface area contributed by atoms with Gasteiger partial charge in [-0.05, 0) is 53.5 Å². The third-order valence-electron chi connectivity index (χ3n) is 5.00. The number of hydrogen-bond acceptors (Lipinski definition) is 6. The molecule has 1 rings (SSSR count). The average Bonchev–Trinajstić information content (AvgIpc) is 2.75. The van der Waals surface area contributed by atoms with Crippen LogP contribution in [0.5, 0.6) is 0 Å². The summed E-state index contributed by atoms with van der Waals surface area (Å²) in [6.07, 6.45) is -0.105. The van der Waals surface area contributed by atoms with E-state index in [1.807, 2.05) is 19.9 Å². The minimum Gasteiger partial charge on any atom is -0.466 e. The molecule has 0 aromatic heterocycles. The molecular formula is C25H39N3O6. The zero-order chi connectivity index (χ0) is 25.9. The van der Waals surface area contributed by atoms with E-state index >= 15 is 0 Å². The van der Waals surface area contributed by atoms with Crippen molar-refractivity contribution in [2.24, 2.45) is 0 Å². The highest BCUT2D eigenvalue weighted by Crippen LogP contribution is 2.26. The number of carbonyl (C=O) groups excluding carboxylic acids is 4. The van der Waals surface area contributed by atoms with E-state index in [9.17, 15) is 19.2 Å². The standard InChI is InChI=1S/C25H39N3O6/c1-8-17(3)28(23(31)18(4)27-24(32)34-25(5,6)7)21(19-13-11-10-12-14-19)22(30)26-16-15-20(29)33-9-2/h10-14,17-18,21H,8-9,15-16H2,1-7H3,(H,26,30)(H,27,32). The molecule has 0 heterocycles. The fourth-order valence-electron chi connectivity index (χ4n) is 3.26. The Morgan fingerprint density at radius 1 is 1.03 bits per heavy atom. The summed E-state index contributed by atoms with van der Waals surface area (Å²) in [6.45, 7) is 12.6. The molecule has 9 nitrogen and oxygen atoms in total. The van der Waals surface area contributed by atoms with Crippen LogP contribution in [0.1, 0.15) is 72.9 Å². The third kappa shape index (κ3) is 9.41. The Morgan fingerprint density at radius 2 is 1.65 bits per heavy atom. The Labute approximate surface area is 202 Å². The first-order valence-corrected chi connectivity index (χ1v) is 11.7. The summed E-state index contributed by atoms with van der Waals surface area (Å²) in [5.74, 6) is -1.26. The van der Waals surface area contributed by atoms with Crippen molar-refractivity contribution >= 4 is 23.9 Å². The highest BCUT2D eigenvalue weighted by Gasteiger charge is 2.37. The van der Waals surface area contributed by atoms with Crippen LogP contribution in [0.25, 0.3) is 0 Å². The van der Waals surface area contributed by atoms with Gasteiger partial charge < -0.3 is 25.0 Å². The van der Waals surface area contributed by atoms with Gasteiger partial charge in [-0.1, -0.05) is 37.3 Å². The van der Waals surface area contributed by atoms with Crippen LogP contribution >= 0.6 is 0 Å². The zero-order valence-corrected chi connectivity index (χ0v) is 21.3. The lowest BCUT2D eigenvalue weighted by atomic mass is 10.00. The summed E-state index contributed by atoms with van der Waals surface area (Å²) in [5, 5.41) is 5.32. The Bertz CT molecular complexity index is 822. The van der Waals surface area contributed by atoms with Crippen LogP contribution in [0.2, 0.25) is 0 Å². The van der Waals surface area contributed by atoms with Crippen LogP contribution in [-0.2, 0) is 23.9 Å². The van der Waals surface area contributed by atoms with Crippen molar-refractivity contribution in [3.05, 3.63) is 35.9 Å². The molecule has 0 fully saturated rings. The van der Waals surface area contributed by atoms with Gasteiger partial charge in [0.2, 0.25) is 11.8 Å². The molecule has 2 N–H and O–H groups in total. The van der Waals surface area contributed by atoms with Crippen molar-refractivity contribution in [2.75, 3.05) is 13.2 Å². The van der Waals surface area contributed by atoms with Gasteiger partial charge in [0, 0.05) is 12.6 Å². The molecule has 3 unspecified atom stereocenters. The smallest absolute Gasteiger partial charge is 0.408 e. The predicted octanol–water partition coefficient (Wildman–Crippen LogP) is 3.34. The first kappa shape index (κ1) is 28.9. The van der Waals surface area contributed by atoms with E-state index in [1.54, 1.807) is 58.9 Å². The number of nitrogens with one attached hydrogen (secondary N) is 2. The van der Waals surface area contributed by atoms with Crippen molar-refractivity contribution in [1.29, 1.82) is 0 Å². The van der Waals surface area contributed by atoms with Crippen molar-refractivity contribution in [3.8, 4) is 0 Å². The van der Waals surface area contributed by atoms with E-state index in [-0.39, 0.29) is 25.6 Å². The first-order valence-electron chi connectivity index (χ1n) is 11.7. The molecule has 9 heteroatoms. The molecule has 0 aliphatic heterocycles. The Kier molecular flexibility index (Phi) is 11.5. The van der Waals surface area contributed by atoms with E-state index < -0.39 is 41.6 Å². The fraction of sp³-hybridized carbons (Fsp3) is 0.600. The highest BCUT2D eigenvalue weighted by molar-refractivity contribution is 5.92. The number of carbonyl (C=O) groups is 4. The number of alkyl carbamates (subject to hydrolysis) is 1. The molecule has 1 aromatic carbocycles. The molecule has 3 atom stereocenters. The quantitative estimate of drug-likeness (QED) is 0.473. The second-order valence-electron chi connectivity index (χ2n) is 9.03. The van der Waals surface area contributed by atoms with Gasteiger partial charge in [-0.15, -0.1) is 0 Å². The molecule has 0 bridgehead atoms. The summed E-state index contributed by atoms with van der Waals surface area (Å²) >= 11 is 0. The van der Waals surface area contributed by atoms with Crippen LogP contribution in [0.4, 0.5) is 4.79 Å². The summed E-state index contributed by atoms with van der Waals surface area (Å²) in [7, 11) is 0. The third-order valence-corrected chi connectivity index (χ3v) is 5.00. The van der Waals surface area contributed by atoms with Crippen LogP contribution in [0.3, 0.4) is 0 Å². The molecule has 0 saturated carbocycles. The van der Waals surface area contributed by atoms with Crippen molar-refractivity contribution in [2.45, 2.75) is 85.0 Å². The van der Waals surface area contributed by atoms with Crippen LogP contribution < -0.4 is 10.6 Å². The summed E-state index contributed by atoms with van der Waals surface area (Å²) in [5.41, 5.74) is -0.0940. The molecule has 0 aliphatic carbocycles. The Hall–Kier alpha value is -3.10. The SMILES string of the molecule is CCOC(=O)CCNC(=O)C(c1ccccc1)N(C(=O)C(C)NC(=O)OC(C)(C)C)C(C)CC. The second kappa shape index (κ2) is 13.6. The van der Waals surface area contributed by atoms with E-state index in [2.05, 4.69) is 10.6 Å². The number of hydrogen-bond donors (Lipinski definition) is 2. The topological polar surface area (TPSA) is 114 Å². The number of ether oxygens (including phenoxy) is 2. The van der Waals surface area contributed by atoms with Crippen LogP contribution in [0.15, 0.2) is 30.3 Å². The van der Waals surface area contributed by atoms with E-state index in [0.717, 1.165) is 0 Å². The van der Waals surface area contributed by atoms with Gasteiger partial charge in [-0.2, -0.15) is 0 Å². The number of amides is 3. The molecule has 0 radical (unpaired) electrons. The molecule has 190 valence electrons. The van der Waals surface area contributed by atoms with E-state index in [4.69, 9.17) is 9.47 Å². The lowest BCUT2D eigenvalue weighted by Crippen LogP contribution is -2.54. The largest absolute Gasteiger partial charge is 0.466 e. The van der Waals surface area contributed by atoms with Gasteiger partial charge in [-0.3, -0.25) is 14.4 Å². The maximum absolute atomic E-state index is 13.5. The molecule has 0 saturated heterocycles. The van der Waals surface area contributed by atoms with Gasteiger partial charge in [0.25, 0.3) is 0 Å². The van der Waals surface area contributed by atoms with Gasteiger partial charge in [0.05, 0.1) is 13.0 Å². The number of esters is 1. The zero-order valence-electron chi connectivity index (χ0n) is 21.3. The molecular weight excluding hydrogens is 438 g/mol. The molecule has 1 aromatic rings. The number of rotatable bonds is 11. The van der Waals surface area contributed by atoms with E-state index in [0.29, 0.717) is 12.0 Å². The monoisotopic (exact) mass is 477 g/mol. The van der Waals surface area contributed by atoms with Gasteiger partial charge in [0.1, 0.15) is 17.7 Å². The molecule has 0 aliphatic rings. The lowest BCUT2D eigenvalue weighted by Gasteiger charge is -2.37. The van der Waals surface area contributed by atoms with Crippen LogP contribution in [-0.4, -0.2) is 59.6 Å². The molecule has 34 heavy (non-hydrogen) atoms. The second-order valence-corrected chi connectivity index (χ2v) is 9.03. The van der Waals surface area contributed by atoms with Gasteiger partial charge >= 0.3 is 12.1 Å². The lowest BCUT2D eigenvalue weighted by molar-refractivity contribution is -0.145. The number of benzene rings is 1. The predicted molar refractivity (Wildman–Crippen MR) is 129 cm³/mol. The minimum absolute atomic E-state index is 0.0228. The van der Waals surface area contributed by atoms with Crippen molar-refractivity contribution in [3.63, 3.8) is 0 Å². The normalized spacial score (nSPS) is 13.7. The maximum Gasteiger partial charge on any atom is 0.408 e. The van der Waals surface area contributed by atoms with Crippen molar-refractivity contribution in [1.82, 2.24) is 15.5 Å². The minimum atomic E-state index is -0.950. The van der Waals surface area contributed by atoms with E-state index in [1.165, 1.54) is 4.90 Å². The van der Waals surface area contributed by atoms with Gasteiger partial charge in [0.15, 0.2) is 0 Å². The Balaban J connectivity index is 3.18. The fourth-order valence-corrected chi connectivity index (χ4v) is 3.26. The summed E-state index contributed by atoms with van der Waals surface area (Å²) in [6, 6.07) is 6.74. The Morgan fingerprint density at radius 3 is 2.18 bits per heavy atom. The average molecular weight is 478 g/mol. The number of nitrogens with zero attached hydrogens (tertiary/aromatic N) is 1. The summed E-state index contributed by atoms with van der Waals surface area (Å²) < 4.78 is 10.2. The van der Waals surface area contributed by atoms with Crippen LogP contribution in [0, 0.1) is 0 Å². The van der Waals surface area contributed by atoms with Crippen molar-refractivity contribution < 1.29 is 28.7 Å². The molecule has 0 spiro atoms. The molecule has 3 amide bonds. The van der Waals surface area contributed by atoms with Gasteiger partial charge in [-0.25, -0.2) is 4.79 Å². The summed E-state index contributed by atoms with van der Waals surface area (Å²) in [4.78, 5) is 52.2. The maximum atomic E-state index is 13.5. The first-order chi connectivity index (χ1) is 15.9.